The number of ketones is 1. The molecule has 3 fully saturated rings. The molecule has 3 aliphatic rings. The second-order valence-electron chi connectivity index (χ2n) is 9.96. The van der Waals surface area contributed by atoms with E-state index in [1.807, 2.05) is 7.05 Å². The maximum atomic E-state index is 13.2. The summed E-state index contributed by atoms with van der Waals surface area (Å²) < 4.78 is 1.80. The zero-order valence-electron chi connectivity index (χ0n) is 19.1. The van der Waals surface area contributed by atoms with E-state index in [9.17, 15) is 4.79 Å². The van der Waals surface area contributed by atoms with Gasteiger partial charge in [-0.1, -0.05) is 25.7 Å². The van der Waals surface area contributed by atoms with Gasteiger partial charge < -0.3 is 9.80 Å². The van der Waals surface area contributed by atoms with E-state index in [-0.39, 0.29) is 5.78 Å². The Morgan fingerprint density at radius 1 is 0.935 bits per heavy atom. The Balaban J connectivity index is 1.26. The summed E-state index contributed by atoms with van der Waals surface area (Å²) in [6.45, 7) is 4.46. The van der Waals surface area contributed by atoms with Crippen molar-refractivity contribution >= 4 is 22.6 Å². The van der Waals surface area contributed by atoms with E-state index in [1.54, 1.807) is 4.68 Å². The molecule has 0 N–H and O–H groups in total. The molecule has 0 atom stereocenters. The lowest BCUT2D eigenvalue weighted by molar-refractivity contribution is 0.0895. The summed E-state index contributed by atoms with van der Waals surface area (Å²) in [4.78, 5) is 23.2. The van der Waals surface area contributed by atoms with Crippen molar-refractivity contribution in [1.82, 2.24) is 19.7 Å². The van der Waals surface area contributed by atoms with Crippen molar-refractivity contribution < 1.29 is 4.79 Å². The van der Waals surface area contributed by atoms with Gasteiger partial charge in [0.15, 0.2) is 11.4 Å². The Bertz CT molecular complexity index is 900. The fourth-order valence-electron chi connectivity index (χ4n) is 5.95. The van der Waals surface area contributed by atoms with Crippen LogP contribution in [-0.2, 0) is 7.05 Å². The largest absolute Gasteiger partial charge is 0.357 e. The molecule has 1 aliphatic carbocycles. The number of aromatic nitrogens is 3. The third kappa shape index (κ3) is 4.50. The van der Waals surface area contributed by atoms with Gasteiger partial charge in [-0.05, 0) is 69.7 Å². The van der Waals surface area contributed by atoms with Gasteiger partial charge in [0.2, 0.25) is 0 Å². The first-order valence-electron chi connectivity index (χ1n) is 12.5. The number of carbonyl (C=O) groups excluding carboxylic acids is 1. The molecule has 6 nitrogen and oxygen atoms in total. The first-order valence-corrected chi connectivity index (χ1v) is 12.5. The molecule has 0 bridgehead atoms. The van der Waals surface area contributed by atoms with Crippen LogP contribution in [0.15, 0.2) is 12.1 Å². The van der Waals surface area contributed by atoms with Crippen molar-refractivity contribution in [1.29, 1.82) is 0 Å². The molecule has 31 heavy (non-hydrogen) atoms. The Labute approximate surface area is 186 Å². The number of hydrogen-bond donors (Lipinski definition) is 0. The molecule has 0 spiro atoms. The summed E-state index contributed by atoms with van der Waals surface area (Å²) in [5.41, 5.74) is 1.45. The van der Waals surface area contributed by atoms with Crippen molar-refractivity contribution in [3.63, 3.8) is 0 Å². The van der Waals surface area contributed by atoms with Crippen LogP contribution in [0.5, 0.6) is 0 Å². The van der Waals surface area contributed by atoms with Gasteiger partial charge in [-0.25, -0.2) is 9.67 Å². The quantitative estimate of drug-likeness (QED) is 0.659. The van der Waals surface area contributed by atoms with Crippen molar-refractivity contribution in [3.05, 3.63) is 17.8 Å². The third-order valence-electron chi connectivity index (χ3n) is 7.83. The first kappa shape index (κ1) is 20.9. The molecule has 2 aromatic rings. The molecule has 0 unspecified atom stereocenters. The van der Waals surface area contributed by atoms with Crippen LogP contribution in [0.3, 0.4) is 0 Å². The summed E-state index contributed by atoms with van der Waals surface area (Å²) in [6, 6.07) is 4.97. The predicted molar refractivity (Wildman–Crippen MR) is 125 cm³/mol. The number of aryl methyl sites for hydroxylation is 1. The minimum absolute atomic E-state index is 0.189. The van der Waals surface area contributed by atoms with Crippen LogP contribution in [0.2, 0.25) is 0 Å². The summed E-state index contributed by atoms with van der Waals surface area (Å²) >= 11 is 0. The van der Waals surface area contributed by atoms with Gasteiger partial charge >= 0.3 is 0 Å². The number of piperidine rings is 1. The number of carbonyl (C=O) groups is 1. The van der Waals surface area contributed by atoms with Crippen LogP contribution < -0.4 is 4.90 Å². The number of likely N-dealkylation sites (tertiary alicyclic amines) is 1. The second-order valence-corrected chi connectivity index (χ2v) is 9.96. The normalized spacial score (nSPS) is 22.3. The molecule has 2 saturated heterocycles. The molecule has 0 aromatic carbocycles. The highest BCUT2D eigenvalue weighted by atomic mass is 16.1. The van der Waals surface area contributed by atoms with Gasteiger partial charge in [0.25, 0.3) is 0 Å². The lowest BCUT2D eigenvalue weighted by atomic mass is 9.90. The zero-order chi connectivity index (χ0) is 21.2. The molecule has 2 aliphatic heterocycles. The number of rotatable bonds is 5. The Morgan fingerprint density at radius 3 is 2.35 bits per heavy atom. The summed E-state index contributed by atoms with van der Waals surface area (Å²) in [6.07, 6.45) is 13.5. The number of Topliss-reactive ketones (excluding diaryl/α,β-unsaturated/α-hetero) is 1. The van der Waals surface area contributed by atoms with Crippen molar-refractivity contribution in [2.45, 2.75) is 76.7 Å². The number of hydrogen-bond acceptors (Lipinski definition) is 5. The van der Waals surface area contributed by atoms with E-state index in [1.165, 1.54) is 51.4 Å². The molecule has 6 heteroatoms. The topological polar surface area (TPSA) is 54.3 Å². The Morgan fingerprint density at radius 2 is 1.65 bits per heavy atom. The molecule has 1 saturated carbocycles. The minimum Gasteiger partial charge on any atom is -0.357 e. The van der Waals surface area contributed by atoms with Gasteiger partial charge in [0.05, 0.1) is 5.39 Å². The molecule has 168 valence electrons. The molecule has 5 rings (SSSR count). The SMILES string of the molecule is Cn1nc(C(=O)CC2CCN(C3CCCC3)CC2)c2ccc(N3CCCCCC3)nc21. The maximum Gasteiger partial charge on any atom is 0.184 e. The van der Waals surface area contributed by atoms with Gasteiger partial charge in [0, 0.05) is 32.6 Å². The lowest BCUT2D eigenvalue weighted by Crippen LogP contribution is -2.40. The van der Waals surface area contributed by atoms with Gasteiger partial charge in [0.1, 0.15) is 11.5 Å². The van der Waals surface area contributed by atoms with E-state index in [0.29, 0.717) is 18.0 Å². The van der Waals surface area contributed by atoms with Crippen molar-refractivity contribution in [2.75, 3.05) is 31.1 Å². The highest BCUT2D eigenvalue weighted by molar-refractivity contribution is 6.05. The van der Waals surface area contributed by atoms with E-state index in [0.717, 1.165) is 61.9 Å². The van der Waals surface area contributed by atoms with Crippen LogP contribution in [0.1, 0.15) is 81.1 Å². The lowest BCUT2D eigenvalue weighted by Gasteiger charge is -2.35. The van der Waals surface area contributed by atoms with Crippen LogP contribution in [0.4, 0.5) is 5.82 Å². The minimum atomic E-state index is 0.189. The highest BCUT2D eigenvalue weighted by Gasteiger charge is 2.29. The standard InChI is InChI=1S/C25H37N5O/c1-28-25-21(10-11-23(26-25)30-14-6-2-3-7-15-30)24(27-28)22(31)18-19-12-16-29(17-13-19)20-8-4-5-9-20/h10-11,19-20H,2-9,12-18H2,1H3. The first-order chi connectivity index (χ1) is 15.2. The number of nitrogens with zero attached hydrogens (tertiary/aromatic N) is 5. The van der Waals surface area contributed by atoms with E-state index in [4.69, 9.17) is 4.98 Å². The van der Waals surface area contributed by atoms with Crippen molar-refractivity contribution in [3.8, 4) is 0 Å². The van der Waals surface area contributed by atoms with E-state index >= 15 is 0 Å². The highest BCUT2D eigenvalue weighted by Crippen LogP contribution is 2.30. The third-order valence-corrected chi connectivity index (χ3v) is 7.83. The molecule has 0 amide bonds. The summed E-state index contributed by atoms with van der Waals surface area (Å²) in [7, 11) is 1.92. The predicted octanol–water partition coefficient (Wildman–Crippen LogP) is 4.58. The average molecular weight is 424 g/mol. The van der Waals surface area contributed by atoms with E-state index in [2.05, 4.69) is 27.0 Å². The molecule has 0 radical (unpaired) electrons. The van der Waals surface area contributed by atoms with Crippen LogP contribution in [0.25, 0.3) is 11.0 Å². The smallest absolute Gasteiger partial charge is 0.184 e. The van der Waals surface area contributed by atoms with Crippen molar-refractivity contribution in [2.24, 2.45) is 13.0 Å². The summed E-state index contributed by atoms with van der Waals surface area (Å²) in [5, 5.41) is 5.53. The van der Waals surface area contributed by atoms with Crippen LogP contribution in [-0.4, -0.2) is 57.7 Å². The van der Waals surface area contributed by atoms with E-state index < -0.39 is 0 Å². The number of pyridine rings is 1. The van der Waals surface area contributed by atoms with Gasteiger partial charge in [-0.3, -0.25) is 4.79 Å². The molecule has 4 heterocycles. The number of anilines is 1. The molecular formula is C25H37N5O. The fourth-order valence-corrected chi connectivity index (χ4v) is 5.95. The molecule has 2 aromatic heterocycles. The zero-order valence-corrected chi connectivity index (χ0v) is 19.1. The van der Waals surface area contributed by atoms with Gasteiger partial charge in [-0.15, -0.1) is 0 Å². The molecular weight excluding hydrogens is 386 g/mol. The fraction of sp³-hybridized carbons (Fsp3) is 0.720. The monoisotopic (exact) mass is 423 g/mol. The Kier molecular flexibility index (Phi) is 6.26. The maximum absolute atomic E-state index is 13.2. The number of fused-ring (bicyclic) bond motifs is 1. The van der Waals surface area contributed by atoms with Gasteiger partial charge in [-0.2, -0.15) is 5.10 Å². The van der Waals surface area contributed by atoms with Crippen LogP contribution in [0, 0.1) is 5.92 Å². The summed E-state index contributed by atoms with van der Waals surface area (Å²) in [5.74, 6) is 1.71. The average Bonchev–Trinajstić information content (AvgIpc) is 3.35. The van der Waals surface area contributed by atoms with Crippen LogP contribution >= 0.6 is 0 Å². The Hall–Kier alpha value is -1.95. The second kappa shape index (κ2) is 9.27.